The van der Waals surface area contributed by atoms with E-state index in [4.69, 9.17) is 4.74 Å². The number of ether oxygens (including phenoxy) is 1. The Kier molecular flexibility index (Phi) is 7.74. The van der Waals surface area contributed by atoms with Gasteiger partial charge in [0.2, 0.25) is 10.0 Å². The molecule has 0 saturated heterocycles. The molecule has 0 aliphatic carbocycles. The number of hydrazine groups is 1. The topological polar surface area (TPSA) is 105 Å². The summed E-state index contributed by atoms with van der Waals surface area (Å²) in [6, 6.07) is 12.3. The molecule has 8 nitrogen and oxygen atoms in total. The van der Waals surface area contributed by atoms with Crippen LogP contribution in [0.1, 0.15) is 41.5 Å². The second kappa shape index (κ2) is 10.0. The Morgan fingerprint density at radius 2 is 1.59 bits per heavy atom. The number of benzene rings is 2. The molecule has 29 heavy (non-hydrogen) atoms. The Labute approximate surface area is 170 Å². The molecule has 0 aliphatic heterocycles. The molecule has 0 unspecified atom stereocenters. The molecule has 0 radical (unpaired) electrons. The van der Waals surface area contributed by atoms with Crippen molar-refractivity contribution in [1.82, 2.24) is 15.2 Å². The van der Waals surface area contributed by atoms with Crippen LogP contribution < -0.4 is 15.6 Å². The summed E-state index contributed by atoms with van der Waals surface area (Å²) < 4.78 is 32.0. The predicted molar refractivity (Wildman–Crippen MR) is 109 cm³/mol. The summed E-state index contributed by atoms with van der Waals surface area (Å²) in [7, 11) is -3.69. The highest BCUT2D eigenvalue weighted by molar-refractivity contribution is 7.89. The highest BCUT2D eigenvalue weighted by Gasteiger charge is 2.22. The van der Waals surface area contributed by atoms with Gasteiger partial charge in [0.1, 0.15) is 5.75 Å². The number of nitrogens with one attached hydrogen (secondary N) is 2. The predicted octanol–water partition coefficient (Wildman–Crippen LogP) is 2.19. The van der Waals surface area contributed by atoms with Gasteiger partial charge in [-0.3, -0.25) is 20.4 Å². The lowest BCUT2D eigenvalue weighted by Gasteiger charge is -2.18. The summed E-state index contributed by atoms with van der Waals surface area (Å²) in [5.41, 5.74) is 5.00. The van der Waals surface area contributed by atoms with Crippen LogP contribution in [0.4, 0.5) is 0 Å². The van der Waals surface area contributed by atoms with Crippen LogP contribution in [0, 0.1) is 0 Å². The van der Waals surface area contributed by atoms with E-state index in [0.717, 1.165) is 0 Å². The number of para-hydroxylation sites is 1. The largest absolute Gasteiger partial charge is 0.493 e. The lowest BCUT2D eigenvalue weighted by molar-refractivity contribution is 0.0844. The van der Waals surface area contributed by atoms with Gasteiger partial charge in [0.05, 0.1) is 17.1 Å². The minimum atomic E-state index is -3.69. The van der Waals surface area contributed by atoms with E-state index in [-0.39, 0.29) is 16.0 Å². The van der Waals surface area contributed by atoms with E-state index >= 15 is 0 Å². The van der Waals surface area contributed by atoms with E-state index in [2.05, 4.69) is 10.9 Å². The van der Waals surface area contributed by atoms with E-state index in [1.807, 2.05) is 0 Å². The number of hydrogen-bond acceptors (Lipinski definition) is 5. The maximum Gasteiger partial charge on any atom is 0.273 e. The molecule has 0 heterocycles. The first kappa shape index (κ1) is 22.4. The molecule has 0 saturated carbocycles. The fourth-order valence-electron chi connectivity index (χ4n) is 2.70. The molecule has 2 rings (SSSR count). The van der Waals surface area contributed by atoms with Gasteiger partial charge in [0.15, 0.2) is 0 Å². The minimum Gasteiger partial charge on any atom is -0.493 e. The zero-order valence-electron chi connectivity index (χ0n) is 16.6. The van der Waals surface area contributed by atoms with Crippen LogP contribution in [0.25, 0.3) is 0 Å². The molecule has 9 heteroatoms. The second-order valence-corrected chi connectivity index (χ2v) is 7.89. The van der Waals surface area contributed by atoms with Gasteiger partial charge in [-0.2, -0.15) is 4.31 Å². The average molecular weight is 420 g/mol. The molecule has 156 valence electrons. The number of amides is 2. The molecule has 2 aromatic rings. The molecule has 2 aromatic carbocycles. The van der Waals surface area contributed by atoms with Gasteiger partial charge in [-0.15, -0.1) is 0 Å². The van der Waals surface area contributed by atoms with Crippen LogP contribution in [0.5, 0.6) is 5.75 Å². The van der Waals surface area contributed by atoms with Crippen molar-refractivity contribution in [2.24, 2.45) is 0 Å². The van der Waals surface area contributed by atoms with Crippen molar-refractivity contribution in [3.63, 3.8) is 0 Å². The number of carbonyl (C=O) groups is 2. The minimum absolute atomic E-state index is 0.0156. The van der Waals surface area contributed by atoms with Crippen LogP contribution >= 0.6 is 0 Å². The standard InChI is InChI=1S/C20H25N3O5S/c1-4-23(5-2)29(26,27)16-11-9-10-15(14-16)19(24)21-22-20(25)17-12-7-8-13-18(17)28-6-3/h7-14H,4-6H2,1-3H3,(H,21,24)(H,22,25). The SMILES string of the molecule is CCOc1ccccc1C(=O)NNC(=O)c1cccc(S(=O)(=O)N(CC)CC)c1. The smallest absolute Gasteiger partial charge is 0.273 e. The molecule has 0 bridgehead atoms. The van der Waals surface area contributed by atoms with Gasteiger partial charge in [-0.25, -0.2) is 8.42 Å². The number of rotatable bonds is 8. The normalized spacial score (nSPS) is 11.2. The van der Waals surface area contributed by atoms with Crippen molar-refractivity contribution in [2.45, 2.75) is 25.7 Å². The van der Waals surface area contributed by atoms with Crippen molar-refractivity contribution in [2.75, 3.05) is 19.7 Å². The van der Waals surface area contributed by atoms with Crippen LogP contribution in [-0.2, 0) is 10.0 Å². The summed E-state index contributed by atoms with van der Waals surface area (Å²) in [6.45, 7) is 6.33. The van der Waals surface area contributed by atoms with Crippen molar-refractivity contribution in [3.05, 3.63) is 59.7 Å². The third-order valence-corrected chi connectivity index (χ3v) is 6.21. The molecule has 0 fully saturated rings. The Hall–Kier alpha value is -2.91. The maximum atomic E-state index is 12.6. The van der Waals surface area contributed by atoms with Crippen LogP contribution in [0.3, 0.4) is 0 Å². The summed E-state index contributed by atoms with van der Waals surface area (Å²) in [5.74, 6) is -0.785. The average Bonchev–Trinajstić information content (AvgIpc) is 2.73. The maximum absolute atomic E-state index is 12.6. The first-order chi connectivity index (χ1) is 13.8. The monoisotopic (exact) mass is 419 g/mol. The highest BCUT2D eigenvalue weighted by Crippen LogP contribution is 2.18. The van der Waals surface area contributed by atoms with E-state index in [1.54, 1.807) is 45.0 Å². The molecule has 0 aromatic heterocycles. The van der Waals surface area contributed by atoms with Gasteiger partial charge in [-0.05, 0) is 37.3 Å². The van der Waals surface area contributed by atoms with Crippen molar-refractivity contribution < 1.29 is 22.7 Å². The molecule has 2 amide bonds. The van der Waals surface area contributed by atoms with Gasteiger partial charge >= 0.3 is 0 Å². The summed E-state index contributed by atoms with van der Waals surface area (Å²) in [4.78, 5) is 24.8. The molecule has 0 atom stereocenters. The molecular weight excluding hydrogens is 394 g/mol. The van der Waals surface area contributed by atoms with Gasteiger partial charge in [-0.1, -0.05) is 32.0 Å². The molecule has 2 N–H and O–H groups in total. The Bertz CT molecular complexity index is 972. The first-order valence-electron chi connectivity index (χ1n) is 9.27. The number of nitrogens with zero attached hydrogens (tertiary/aromatic N) is 1. The molecule has 0 spiro atoms. The van der Waals surface area contributed by atoms with E-state index in [9.17, 15) is 18.0 Å². The third-order valence-electron chi connectivity index (χ3n) is 4.16. The van der Waals surface area contributed by atoms with Crippen LogP contribution in [-0.4, -0.2) is 44.2 Å². The summed E-state index contributed by atoms with van der Waals surface area (Å²) in [6.07, 6.45) is 0. The van der Waals surface area contributed by atoms with Crippen molar-refractivity contribution in [1.29, 1.82) is 0 Å². The molecular formula is C20H25N3O5S. The zero-order chi connectivity index (χ0) is 21.4. The number of hydrogen-bond donors (Lipinski definition) is 2. The van der Waals surface area contributed by atoms with Crippen LogP contribution in [0.2, 0.25) is 0 Å². The highest BCUT2D eigenvalue weighted by atomic mass is 32.2. The Morgan fingerprint density at radius 1 is 0.931 bits per heavy atom. The lowest BCUT2D eigenvalue weighted by Crippen LogP contribution is -2.41. The van der Waals surface area contributed by atoms with E-state index in [1.165, 1.54) is 28.6 Å². The van der Waals surface area contributed by atoms with Gasteiger partial charge < -0.3 is 4.74 Å². The molecule has 0 aliphatic rings. The number of sulfonamides is 1. The Balaban J connectivity index is 2.14. The van der Waals surface area contributed by atoms with Crippen molar-refractivity contribution in [3.8, 4) is 5.75 Å². The Morgan fingerprint density at radius 3 is 2.24 bits per heavy atom. The van der Waals surface area contributed by atoms with Crippen molar-refractivity contribution >= 4 is 21.8 Å². The fourth-order valence-corrected chi connectivity index (χ4v) is 4.20. The first-order valence-corrected chi connectivity index (χ1v) is 10.7. The zero-order valence-corrected chi connectivity index (χ0v) is 17.5. The van der Waals surface area contributed by atoms with E-state index in [0.29, 0.717) is 25.4 Å². The lowest BCUT2D eigenvalue weighted by atomic mass is 10.2. The summed E-state index contributed by atoms with van der Waals surface area (Å²) >= 11 is 0. The quantitative estimate of drug-likeness (QED) is 0.638. The van der Waals surface area contributed by atoms with Crippen LogP contribution in [0.15, 0.2) is 53.4 Å². The third kappa shape index (κ3) is 5.33. The van der Waals surface area contributed by atoms with Gasteiger partial charge in [0.25, 0.3) is 11.8 Å². The van der Waals surface area contributed by atoms with E-state index < -0.39 is 21.8 Å². The van der Waals surface area contributed by atoms with Gasteiger partial charge in [0, 0.05) is 18.7 Å². The summed E-state index contributed by atoms with van der Waals surface area (Å²) in [5, 5.41) is 0. The second-order valence-electron chi connectivity index (χ2n) is 5.95. The fraction of sp³-hybridized carbons (Fsp3) is 0.300. The number of carbonyl (C=O) groups excluding carboxylic acids is 2.